The molecule has 0 unspecified atom stereocenters. The van der Waals surface area contributed by atoms with Gasteiger partial charge in [-0.05, 0) is 50.0 Å². The first kappa shape index (κ1) is 18.0. The van der Waals surface area contributed by atoms with Gasteiger partial charge in [-0.15, -0.1) is 6.58 Å². The lowest BCUT2D eigenvalue weighted by Crippen LogP contribution is -2.44. The molecule has 1 aromatic rings. The van der Waals surface area contributed by atoms with Crippen molar-refractivity contribution in [1.82, 2.24) is 14.7 Å². The van der Waals surface area contributed by atoms with Crippen LogP contribution in [0.3, 0.4) is 0 Å². The summed E-state index contributed by atoms with van der Waals surface area (Å²) in [4.78, 5) is 30.1. The number of hydrogen-bond donors (Lipinski definition) is 0. The molecule has 2 saturated heterocycles. The number of nitrogens with zero attached hydrogens (tertiary/aromatic N) is 3. The lowest BCUT2D eigenvalue weighted by molar-refractivity contribution is -0.126. The second-order valence-corrected chi connectivity index (χ2v) is 7.28. The number of likely N-dealkylation sites (tertiary alicyclic amines) is 1. The monoisotopic (exact) mass is 361 g/mol. The first-order chi connectivity index (χ1) is 12.0. The van der Waals surface area contributed by atoms with Crippen LogP contribution in [0, 0.1) is 5.92 Å². The van der Waals surface area contributed by atoms with Crippen molar-refractivity contribution in [2.45, 2.75) is 18.9 Å². The van der Waals surface area contributed by atoms with Crippen molar-refractivity contribution in [2.24, 2.45) is 5.92 Å². The van der Waals surface area contributed by atoms with Crippen molar-refractivity contribution in [3.63, 3.8) is 0 Å². The molecular weight excluding hydrogens is 338 g/mol. The third kappa shape index (κ3) is 3.72. The average molecular weight is 362 g/mol. The molecule has 2 heterocycles. The van der Waals surface area contributed by atoms with E-state index in [1.165, 1.54) is 9.80 Å². The van der Waals surface area contributed by atoms with Gasteiger partial charge in [0.1, 0.15) is 6.54 Å². The van der Waals surface area contributed by atoms with Crippen molar-refractivity contribution in [1.29, 1.82) is 0 Å². The molecule has 3 amide bonds. The Balaban J connectivity index is 1.80. The minimum Gasteiger partial charge on any atom is -0.311 e. The zero-order valence-electron chi connectivity index (χ0n) is 14.5. The van der Waals surface area contributed by atoms with Crippen LogP contribution in [-0.2, 0) is 4.79 Å². The van der Waals surface area contributed by atoms with Crippen LogP contribution in [-0.4, -0.2) is 59.9 Å². The molecule has 2 aliphatic rings. The third-order valence-corrected chi connectivity index (χ3v) is 5.33. The molecule has 0 radical (unpaired) electrons. The lowest BCUT2D eigenvalue weighted by Gasteiger charge is -2.40. The van der Waals surface area contributed by atoms with E-state index in [4.69, 9.17) is 11.6 Å². The normalized spacial score (nSPS) is 24.9. The molecule has 0 aromatic heterocycles. The number of amides is 3. The van der Waals surface area contributed by atoms with E-state index in [1.54, 1.807) is 6.08 Å². The maximum atomic E-state index is 12.5. The molecule has 0 spiro atoms. The fraction of sp³-hybridized carbons (Fsp3) is 0.474. The van der Waals surface area contributed by atoms with Gasteiger partial charge in [0.05, 0.1) is 0 Å². The predicted molar refractivity (Wildman–Crippen MR) is 98.4 cm³/mol. The quantitative estimate of drug-likeness (QED) is 0.597. The van der Waals surface area contributed by atoms with Crippen LogP contribution in [0.4, 0.5) is 4.79 Å². The number of halogens is 1. The number of carbonyl (C=O) groups excluding carboxylic acids is 2. The van der Waals surface area contributed by atoms with Gasteiger partial charge in [-0.2, -0.15) is 0 Å². The second kappa shape index (κ2) is 7.58. The molecule has 6 heteroatoms. The summed E-state index contributed by atoms with van der Waals surface area (Å²) in [7, 11) is 2.09. The summed E-state index contributed by atoms with van der Waals surface area (Å²) in [5, 5.41) is 0.709. The maximum absolute atomic E-state index is 12.5. The van der Waals surface area contributed by atoms with Gasteiger partial charge in [0.15, 0.2) is 0 Å². The zero-order valence-corrected chi connectivity index (χ0v) is 15.3. The summed E-state index contributed by atoms with van der Waals surface area (Å²) in [6.07, 6.45) is 3.70. The van der Waals surface area contributed by atoms with E-state index in [9.17, 15) is 9.59 Å². The number of benzene rings is 1. The van der Waals surface area contributed by atoms with Gasteiger partial charge >= 0.3 is 6.03 Å². The molecule has 5 nitrogen and oxygen atoms in total. The second-order valence-electron chi connectivity index (χ2n) is 6.84. The van der Waals surface area contributed by atoms with E-state index >= 15 is 0 Å². The number of rotatable bonds is 5. The van der Waals surface area contributed by atoms with Gasteiger partial charge in [-0.1, -0.05) is 29.8 Å². The van der Waals surface area contributed by atoms with Crippen LogP contribution in [0.15, 0.2) is 36.9 Å². The first-order valence-corrected chi connectivity index (χ1v) is 9.05. The maximum Gasteiger partial charge on any atom is 0.327 e. The van der Waals surface area contributed by atoms with Gasteiger partial charge in [0, 0.05) is 24.2 Å². The summed E-state index contributed by atoms with van der Waals surface area (Å²) in [5.74, 6) is 0.0821. The van der Waals surface area contributed by atoms with Crippen LogP contribution in [0.25, 0.3) is 0 Å². The molecular formula is C19H24ClN3O2. The standard InChI is InChI=1S/C19H24ClN3O2/c1-3-9-22-13-17(24)23(19(22)25)12-15-7-5-10-21(2)18(15)14-6-4-8-16(20)11-14/h3-4,6,8,11,15,18H,1,5,7,9-10,12-13H2,2H3/t15-,18+/m1/s1. The summed E-state index contributed by atoms with van der Waals surface area (Å²) in [6.45, 7) is 5.65. The van der Waals surface area contributed by atoms with E-state index in [-0.39, 0.29) is 30.4 Å². The fourth-order valence-corrected chi connectivity index (χ4v) is 4.17. The number of piperidine rings is 1. The molecule has 134 valence electrons. The Bertz CT molecular complexity index is 678. The third-order valence-electron chi connectivity index (χ3n) is 5.09. The van der Waals surface area contributed by atoms with E-state index in [0.29, 0.717) is 18.1 Å². The Kier molecular flexibility index (Phi) is 5.45. The molecule has 3 rings (SSSR count). The highest BCUT2D eigenvalue weighted by Crippen LogP contribution is 2.37. The smallest absolute Gasteiger partial charge is 0.311 e. The molecule has 2 aliphatic heterocycles. The molecule has 0 N–H and O–H groups in total. The van der Waals surface area contributed by atoms with Crippen molar-refractivity contribution < 1.29 is 9.59 Å². The van der Waals surface area contributed by atoms with Crippen molar-refractivity contribution in [2.75, 3.05) is 33.2 Å². The van der Waals surface area contributed by atoms with E-state index in [1.807, 2.05) is 18.2 Å². The Morgan fingerprint density at radius 2 is 2.16 bits per heavy atom. The Morgan fingerprint density at radius 1 is 1.36 bits per heavy atom. The molecule has 2 atom stereocenters. The van der Waals surface area contributed by atoms with Crippen LogP contribution >= 0.6 is 11.6 Å². The van der Waals surface area contributed by atoms with Gasteiger partial charge < -0.3 is 4.90 Å². The number of carbonyl (C=O) groups is 2. The molecule has 25 heavy (non-hydrogen) atoms. The van der Waals surface area contributed by atoms with Crippen LogP contribution in [0.1, 0.15) is 24.4 Å². The average Bonchev–Trinajstić information content (AvgIpc) is 2.83. The SMILES string of the molecule is C=CCN1CC(=O)N(C[C@H]2CCCN(C)[C@H]2c2cccc(Cl)c2)C1=O. The highest BCUT2D eigenvalue weighted by molar-refractivity contribution is 6.30. The predicted octanol–water partition coefficient (Wildman–Crippen LogP) is 3.17. The van der Waals surface area contributed by atoms with Gasteiger partial charge in [-0.3, -0.25) is 14.6 Å². The minimum absolute atomic E-state index is 0.120. The minimum atomic E-state index is -0.206. The summed E-state index contributed by atoms with van der Waals surface area (Å²) < 4.78 is 0. The molecule has 1 aromatic carbocycles. The van der Waals surface area contributed by atoms with Crippen molar-refractivity contribution >= 4 is 23.5 Å². The lowest BCUT2D eigenvalue weighted by atomic mass is 9.84. The molecule has 0 saturated carbocycles. The van der Waals surface area contributed by atoms with E-state index in [0.717, 1.165) is 24.9 Å². The van der Waals surface area contributed by atoms with Gasteiger partial charge in [0.25, 0.3) is 0 Å². The highest BCUT2D eigenvalue weighted by Gasteiger charge is 2.40. The van der Waals surface area contributed by atoms with Gasteiger partial charge in [0.2, 0.25) is 5.91 Å². The Hall–Kier alpha value is -1.85. The fourth-order valence-electron chi connectivity index (χ4n) is 3.97. The number of hydrogen-bond acceptors (Lipinski definition) is 3. The number of imide groups is 1. The van der Waals surface area contributed by atoms with Gasteiger partial charge in [-0.25, -0.2) is 4.79 Å². The zero-order chi connectivity index (χ0) is 18.0. The van der Waals surface area contributed by atoms with E-state index in [2.05, 4.69) is 24.6 Å². The van der Waals surface area contributed by atoms with Crippen molar-refractivity contribution in [3.8, 4) is 0 Å². The van der Waals surface area contributed by atoms with Crippen LogP contribution in [0.5, 0.6) is 0 Å². The Morgan fingerprint density at radius 3 is 2.88 bits per heavy atom. The molecule has 0 aliphatic carbocycles. The Labute approximate surface area is 153 Å². The largest absolute Gasteiger partial charge is 0.327 e. The summed E-state index contributed by atoms with van der Waals surface area (Å²) in [6, 6.07) is 7.82. The van der Waals surface area contributed by atoms with Crippen molar-refractivity contribution in [3.05, 3.63) is 47.5 Å². The van der Waals surface area contributed by atoms with Crippen LogP contribution in [0.2, 0.25) is 5.02 Å². The summed E-state index contributed by atoms with van der Waals surface area (Å²) in [5.41, 5.74) is 1.14. The van der Waals surface area contributed by atoms with E-state index < -0.39 is 0 Å². The molecule has 2 fully saturated rings. The summed E-state index contributed by atoms with van der Waals surface area (Å²) >= 11 is 6.18. The van der Waals surface area contributed by atoms with Crippen LogP contribution < -0.4 is 0 Å². The number of urea groups is 1. The first-order valence-electron chi connectivity index (χ1n) is 8.67. The molecule has 0 bridgehead atoms. The highest BCUT2D eigenvalue weighted by atomic mass is 35.5. The topological polar surface area (TPSA) is 43.9 Å².